The summed E-state index contributed by atoms with van der Waals surface area (Å²) in [5.74, 6) is 6.56. The number of nitrogens with one attached hydrogen (secondary N) is 1. The van der Waals surface area contributed by atoms with Gasteiger partial charge in [-0.15, -0.1) is 0 Å². The van der Waals surface area contributed by atoms with Crippen LogP contribution in [0.25, 0.3) is 0 Å². The van der Waals surface area contributed by atoms with Gasteiger partial charge in [0.25, 0.3) is 0 Å². The highest BCUT2D eigenvalue weighted by Crippen LogP contribution is 2.29. The van der Waals surface area contributed by atoms with Gasteiger partial charge in [0.2, 0.25) is 0 Å². The molecule has 4 heteroatoms. The van der Waals surface area contributed by atoms with Crippen molar-refractivity contribution in [3.05, 3.63) is 29.3 Å². The minimum Gasteiger partial charge on any atom is -0.493 e. The SMILES string of the molecule is COC(C)C(NN)c1ccc2c(c1)CCO2. The van der Waals surface area contributed by atoms with Crippen molar-refractivity contribution in [3.8, 4) is 5.75 Å². The summed E-state index contributed by atoms with van der Waals surface area (Å²) in [7, 11) is 1.69. The van der Waals surface area contributed by atoms with Gasteiger partial charge >= 0.3 is 0 Å². The second kappa shape index (κ2) is 4.82. The molecule has 0 bridgehead atoms. The summed E-state index contributed by atoms with van der Waals surface area (Å²) in [6.07, 6.45) is 1.01. The molecule has 1 heterocycles. The highest BCUT2D eigenvalue weighted by Gasteiger charge is 2.20. The second-order valence-corrected chi connectivity index (χ2v) is 4.05. The summed E-state index contributed by atoms with van der Waals surface area (Å²) in [4.78, 5) is 0. The number of ether oxygens (including phenoxy) is 2. The lowest BCUT2D eigenvalue weighted by molar-refractivity contribution is 0.0830. The minimum atomic E-state index is 0.0101. The molecule has 1 aliphatic rings. The molecule has 1 aliphatic heterocycles. The van der Waals surface area contributed by atoms with Crippen molar-refractivity contribution in [3.63, 3.8) is 0 Å². The van der Waals surface area contributed by atoms with Crippen LogP contribution in [0.15, 0.2) is 18.2 Å². The van der Waals surface area contributed by atoms with Gasteiger partial charge in [0.05, 0.1) is 18.8 Å². The standard InChI is InChI=1S/C12H18N2O2/c1-8(15-2)12(14-13)10-3-4-11-9(7-10)5-6-16-11/h3-4,7-8,12,14H,5-6,13H2,1-2H3. The van der Waals surface area contributed by atoms with Crippen molar-refractivity contribution in [1.29, 1.82) is 0 Å². The predicted octanol–water partition coefficient (Wildman–Crippen LogP) is 1.16. The van der Waals surface area contributed by atoms with Crippen molar-refractivity contribution in [2.45, 2.75) is 25.5 Å². The Kier molecular flexibility index (Phi) is 3.43. The Morgan fingerprint density at radius 3 is 3.00 bits per heavy atom. The van der Waals surface area contributed by atoms with Crippen LogP contribution >= 0.6 is 0 Å². The van der Waals surface area contributed by atoms with E-state index in [1.807, 2.05) is 19.1 Å². The van der Waals surface area contributed by atoms with Crippen LogP contribution < -0.4 is 16.0 Å². The van der Waals surface area contributed by atoms with E-state index in [-0.39, 0.29) is 12.1 Å². The van der Waals surface area contributed by atoms with Crippen molar-refractivity contribution in [2.75, 3.05) is 13.7 Å². The first-order valence-corrected chi connectivity index (χ1v) is 5.51. The van der Waals surface area contributed by atoms with Crippen molar-refractivity contribution >= 4 is 0 Å². The zero-order valence-corrected chi connectivity index (χ0v) is 9.69. The van der Waals surface area contributed by atoms with Gasteiger partial charge in [-0.05, 0) is 24.1 Å². The molecule has 4 nitrogen and oxygen atoms in total. The number of nitrogens with two attached hydrogens (primary N) is 1. The Labute approximate surface area is 95.7 Å². The van der Waals surface area contributed by atoms with Gasteiger partial charge < -0.3 is 9.47 Å². The van der Waals surface area contributed by atoms with Crippen LogP contribution in [0.1, 0.15) is 24.1 Å². The molecule has 0 amide bonds. The average molecular weight is 222 g/mol. The molecule has 0 aromatic heterocycles. The summed E-state index contributed by atoms with van der Waals surface area (Å²) < 4.78 is 10.8. The molecule has 0 saturated heterocycles. The Morgan fingerprint density at radius 1 is 1.50 bits per heavy atom. The van der Waals surface area contributed by atoms with Gasteiger partial charge in [0, 0.05) is 13.5 Å². The normalized spacial score (nSPS) is 17.7. The molecule has 0 fully saturated rings. The lowest BCUT2D eigenvalue weighted by atomic mass is 9.99. The molecule has 0 aliphatic carbocycles. The minimum absolute atomic E-state index is 0.0101. The topological polar surface area (TPSA) is 56.5 Å². The molecule has 1 aromatic carbocycles. The summed E-state index contributed by atoms with van der Waals surface area (Å²) in [5.41, 5.74) is 5.19. The summed E-state index contributed by atoms with van der Waals surface area (Å²) in [6, 6.07) is 6.19. The van der Waals surface area contributed by atoms with E-state index >= 15 is 0 Å². The monoisotopic (exact) mass is 222 g/mol. The molecular weight excluding hydrogens is 204 g/mol. The number of methoxy groups -OCH3 is 1. The highest BCUT2D eigenvalue weighted by atomic mass is 16.5. The molecule has 0 radical (unpaired) electrons. The van der Waals surface area contributed by atoms with E-state index in [9.17, 15) is 0 Å². The third-order valence-electron chi connectivity index (χ3n) is 3.09. The van der Waals surface area contributed by atoms with Gasteiger partial charge in [0.15, 0.2) is 0 Å². The van der Waals surface area contributed by atoms with E-state index in [0.29, 0.717) is 0 Å². The van der Waals surface area contributed by atoms with Crippen LogP contribution in [0.2, 0.25) is 0 Å². The fourth-order valence-corrected chi connectivity index (χ4v) is 2.04. The Hall–Kier alpha value is -1.10. The maximum absolute atomic E-state index is 5.57. The summed E-state index contributed by atoms with van der Waals surface area (Å²) in [5, 5.41) is 0. The van der Waals surface area contributed by atoms with E-state index < -0.39 is 0 Å². The number of rotatable bonds is 4. The zero-order chi connectivity index (χ0) is 11.5. The number of hydrogen-bond donors (Lipinski definition) is 2. The molecule has 2 unspecified atom stereocenters. The van der Waals surface area contributed by atoms with Crippen LogP contribution in [0.3, 0.4) is 0 Å². The van der Waals surface area contributed by atoms with E-state index in [1.54, 1.807) is 7.11 Å². The molecule has 88 valence electrons. The molecular formula is C12H18N2O2. The van der Waals surface area contributed by atoms with Gasteiger partial charge in [-0.2, -0.15) is 0 Å². The predicted molar refractivity (Wildman–Crippen MR) is 62.2 cm³/mol. The fraction of sp³-hybridized carbons (Fsp3) is 0.500. The first-order valence-electron chi connectivity index (χ1n) is 5.51. The molecule has 0 saturated carbocycles. The lowest BCUT2D eigenvalue weighted by Gasteiger charge is -2.22. The first-order chi connectivity index (χ1) is 7.76. The van der Waals surface area contributed by atoms with Crippen LogP contribution in [0.4, 0.5) is 0 Å². The van der Waals surface area contributed by atoms with E-state index in [2.05, 4.69) is 11.5 Å². The fourth-order valence-electron chi connectivity index (χ4n) is 2.04. The van der Waals surface area contributed by atoms with Crippen LogP contribution in [-0.2, 0) is 11.2 Å². The Balaban J connectivity index is 2.25. The van der Waals surface area contributed by atoms with Gasteiger partial charge in [-0.1, -0.05) is 12.1 Å². The van der Waals surface area contributed by atoms with Crippen molar-refractivity contribution in [1.82, 2.24) is 5.43 Å². The molecule has 0 spiro atoms. The van der Waals surface area contributed by atoms with Crippen LogP contribution in [-0.4, -0.2) is 19.8 Å². The van der Waals surface area contributed by atoms with Crippen molar-refractivity contribution in [2.24, 2.45) is 5.84 Å². The number of hydrazine groups is 1. The average Bonchev–Trinajstić information content (AvgIpc) is 2.77. The number of fused-ring (bicyclic) bond motifs is 1. The molecule has 3 N–H and O–H groups in total. The zero-order valence-electron chi connectivity index (χ0n) is 9.69. The van der Waals surface area contributed by atoms with E-state index in [1.165, 1.54) is 5.56 Å². The second-order valence-electron chi connectivity index (χ2n) is 4.05. The van der Waals surface area contributed by atoms with Gasteiger partial charge in [0.1, 0.15) is 5.75 Å². The van der Waals surface area contributed by atoms with E-state index in [0.717, 1.165) is 24.3 Å². The lowest BCUT2D eigenvalue weighted by Crippen LogP contribution is -2.36. The van der Waals surface area contributed by atoms with Gasteiger partial charge in [-0.3, -0.25) is 11.3 Å². The summed E-state index contributed by atoms with van der Waals surface area (Å²) in [6.45, 7) is 2.77. The quantitative estimate of drug-likeness (QED) is 0.593. The third kappa shape index (κ3) is 2.04. The molecule has 1 aromatic rings. The number of hydrogen-bond acceptors (Lipinski definition) is 4. The molecule has 16 heavy (non-hydrogen) atoms. The largest absolute Gasteiger partial charge is 0.493 e. The maximum atomic E-state index is 5.57. The third-order valence-corrected chi connectivity index (χ3v) is 3.09. The Bertz CT molecular complexity index is 368. The molecule has 2 atom stereocenters. The van der Waals surface area contributed by atoms with Gasteiger partial charge in [-0.25, -0.2) is 0 Å². The smallest absolute Gasteiger partial charge is 0.122 e. The van der Waals surface area contributed by atoms with Crippen LogP contribution in [0.5, 0.6) is 5.75 Å². The molecule has 2 rings (SSSR count). The van der Waals surface area contributed by atoms with Crippen LogP contribution in [0, 0.1) is 0 Å². The maximum Gasteiger partial charge on any atom is 0.122 e. The van der Waals surface area contributed by atoms with E-state index in [4.69, 9.17) is 15.3 Å². The Morgan fingerprint density at radius 2 is 2.31 bits per heavy atom. The van der Waals surface area contributed by atoms with Crippen molar-refractivity contribution < 1.29 is 9.47 Å². The summed E-state index contributed by atoms with van der Waals surface area (Å²) >= 11 is 0. The number of benzene rings is 1. The highest BCUT2D eigenvalue weighted by molar-refractivity contribution is 5.41. The first kappa shape index (κ1) is 11.4.